The number of hydrogen-bond donors (Lipinski definition) is 1. The first kappa shape index (κ1) is 12.6. The van der Waals surface area contributed by atoms with Crippen LogP contribution in [0.3, 0.4) is 0 Å². The summed E-state index contributed by atoms with van der Waals surface area (Å²) in [6, 6.07) is 4.55. The first-order chi connectivity index (χ1) is 7.65. The number of aryl methyl sites for hydroxylation is 1. The molecule has 0 aliphatic carbocycles. The molecule has 1 aromatic carbocycles. The summed E-state index contributed by atoms with van der Waals surface area (Å²) in [5.74, 6) is 1.33. The van der Waals surface area contributed by atoms with E-state index in [1.54, 1.807) is 13.0 Å². The maximum Gasteiger partial charge on any atom is 0.269 e. The molecule has 0 saturated carbocycles. The van der Waals surface area contributed by atoms with Crippen molar-refractivity contribution in [3.63, 3.8) is 0 Å². The van der Waals surface area contributed by atoms with Gasteiger partial charge in [0.15, 0.2) is 0 Å². The molecule has 5 heteroatoms. The molecule has 0 fully saturated rings. The third-order valence-corrected chi connectivity index (χ3v) is 2.19. The van der Waals surface area contributed by atoms with Crippen molar-refractivity contribution >= 4 is 18.3 Å². The molecule has 0 atom stereocenters. The molecule has 0 bridgehead atoms. The minimum absolute atomic E-state index is 0.0794. The van der Waals surface area contributed by atoms with E-state index in [1.807, 2.05) is 12.2 Å². The molecular formula is C11H13NO3S. The van der Waals surface area contributed by atoms with Gasteiger partial charge in [0.1, 0.15) is 12.4 Å². The van der Waals surface area contributed by atoms with Crippen LogP contribution in [0.15, 0.2) is 30.4 Å². The molecule has 0 saturated heterocycles. The number of non-ortho nitro benzene ring substituents is 1. The van der Waals surface area contributed by atoms with Crippen molar-refractivity contribution in [3.05, 3.63) is 46.0 Å². The van der Waals surface area contributed by atoms with E-state index in [1.165, 1.54) is 12.1 Å². The van der Waals surface area contributed by atoms with Crippen LogP contribution in [0.1, 0.15) is 5.56 Å². The van der Waals surface area contributed by atoms with Crippen molar-refractivity contribution in [2.45, 2.75) is 6.92 Å². The SMILES string of the molecule is Cc1cc([N+](=O)[O-])ccc1OC/C=C/CS. The molecule has 0 radical (unpaired) electrons. The van der Waals surface area contributed by atoms with Gasteiger partial charge < -0.3 is 4.74 Å². The minimum atomic E-state index is -0.419. The number of rotatable bonds is 5. The van der Waals surface area contributed by atoms with Crippen molar-refractivity contribution in [1.29, 1.82) is 0 Å². The van der Waals surface area contributed by atoms with E-state index in [9.17, 15) is 10.1 Å². The Hall–Kier alpha value is -1.49. The Morgan fingerprint density at radius 2 is 2.25 bits per heavy atom. The molecule has 0 heterocycles. The smallest absolute Gasteiger partial charge is 0.269 e. The van der Waals surface area contributed by atoms with Gasteiger partial charge in [-0.3, -0.25) is 10.1 Å². The van der Waals surface area contributed by atoms with Crippen molar-refractivity contribution in [1.82, 2.24) is 0 Å². The molecule has 0 amide bonds. The molecule has 0 aromatic heterocycles. The van der Waals surface area contributed by atoms with E-state index in [2.05, 4.69) is 12.6 Å². The molecule has 1 rings (SSSR count). The third kappa shape index (κ3) is 3.58. The summed E-state index contributed by atoms with van der Waals surface area (Å²) >= 11 is 4.02. The van der Waals surface area contributed by atoms with Crippen LogP contribution < -0.4 is 4.74 Å². The van der Waals surface area contributed by atoms with Gasteiger partial charge in [0, 0.05) is 17.9 Å². The first-order valence-electron chi connectivity index (χ1n) is 4.79. The summed E-state index contributed by atoms with van der Waals surface area (Å²) in [4.78, 5) is 10.1. The molecule has 0 spiro atoms. The highest BCUT2D eigenvalue weighted by Crippen LogP contribution is 2.23. The predicted molar refractivity (Wildman–Crippen MR) is 66.3 cm³/mol. The fourth-order valence-electron chi connectivity index (χ4n) is 1.19. The highest BCUT2D eigenvalue weighted by atomic mass is 32.1. The van der Waals surface area contributed by atoms with E-state index in [0.29, 0.717) is 18.1 Å². The van der Waals surface area contributed by atoms with E-state index >= 15 is 0 Å². The minimum Gasteiger partial charge on any atom is -0.489 e. The van der Waals surface area contributed by atoms with Crippen molar-refractivity contribution < 1.29 is 9.66 Å². The lowest BCUT2D eigenvalue weighted by atomic mass is 10.2. The van der Waals surface area contributed by atoms with Crippen LogP contribution in [0.4, 0.5) is 5.69 Å². The van der Waals surface area contributed by atoms with Gasteiger partial charge in [0.05, 0.1) is 4.92 Å². The Balaban J connectivity index is 2.68. The van der Waals surface area contributed by atoms with Crippen LogP contribution >= 0.6 is 12.6 Å². The molecular weight excluding hydrogens is 226 g/mol. The van der Waals surface area contributed by atoms with Gasteiger partial charge in [0.25, 0.3) is 5.69 Å². The molecule has 4 nitrogen and oxygen atoms in total. The highest BCUT2D eigenvalue weighted by molar-refractivity contribution is 7.80. The number of thiol groups is 1. The van der Waals surface area contributed by atoms with Gasteiger partial charge >= 0.3 is 0 Å². The maximum atomic E-state index is 10.5. The summed E-state index contributed by atoms with van der Waals surface area (Å²) in [5, 5.41) is 10.5. The summed E-state index contributed by atoms with van der Waals surface area (Å²) in [5.41, 5.74) is 0.837. The first-order valence-corrected chi connectivity index (χ1v) is 5.42. The van der Waals surface area contributed by atoms with Gasteiger partial charge in [-0.2, -0.15) is 12.6 Å². The molecule has 1 aromatic rings. The number of ether oxygens (including phenoxy) is 1. The second-order valence-corrected chi connectivity index (χ2v) is 3.54. The second-order valence-electron chi connectivity index (χ2n) is 3.17. The van der Waals surface area contributed by atoms with E-state index in [4.69, 9.17) is 4.74 Å². The monoisotopic (exact) mass is 239 g/mol. The Morgan fingerprint density at radius 3 is 2.81 bits per heavy atom. The summed E-state index contributed by atoms with van der Waals surface area (Å²) < 4.78 is 5.43. The quantitative estimate of drug-likeness (QED) is 0.372. The second kappa shape index (κ2) is 6.17. The number of nitro groups is 1. The zero-order valence-electron chi connectivity index (χ0n) is 8.92. The van der Waals surface area contributed by atoms with Crippen LogP contribution in [0.5, 0.6) is 5.75 Å². The highest BCUT2D eigenvalue weighted by Gasteiger charge is 2.07. The zero-order valence-corrected chi connectivity index (χ0v) is 9.81. The fraction of sp³-hybridized carbons (Fsp3) is 0.273. The summed E-state index contributed by atoms with van der Waals surface area (Å²) in [7, 11) is 0. The third-order valence-electron chi connectivity index (χ3n) is 1.98. The lowest BCUT2D eigenvalue weighted by molar-refractivity contribution is -0.384. The van der Waals surface area contributed by atoms with Crippen molar-refractivity contribution in [3.8, 4) is 5.75 Å². The molecule has 0 aliphatic rings. The van der Waals surface area contributed by atoms with Gasteiger partial charge in [-0.1, -0.05) is 12.2 Å². The van der Waals surface area contributed by atoms with Gasteiger partial charge in [-0.25, -0.2) is 0 Å². The van der Waals surface area contributed by atoms with E-state index in [0.717, 1.165) is 5.56 Å². The molecule has 16 heavy (non-hydrogen) atoms. The Kier molecular flexibility index (Phi) is 4.85. The van der Waals surface area contributed by atoms with E-state index < -0.39 is 4.92 Å². The van der Waals surface area contributed by atoms with Crippen LogP contribution in [0.25, 0.3) is 0 Å². The van der Waals surface area contributed by atoms with Gasteiger partial charge in [0.2, 0.25) is 0 Å². The fourth-order valence-corrected chi connectivity index (χ4v) is 1.34. The van der Waals surface area contributed by atoms with Crippen LogP contribution in [0, 0.1) is 17.0 Å². The van der Waals surface area contributed by atoms with Gasteiger partial charge in [-0.05, 0) is 18.6 Å². The normalized spacial score (nSPS) is 10.6. The summed E-state index contributed by atoms with van der Waals surface area (Å²) in [6.07, 6.45) is 3.73. The number of hydrogen-bond acceptors (Lipinski definition) is 4. The summed E-state index contributed by atoms with van der Waals surface area (Å²) in [6.45, 7) is 2.23. The average molecular weight is 239 g/mol. The number of benzene rings is 1. The predicted octanol–water partition coefficient (Wildman–Crippen LogP) is 2.77. The Morgan fingerprint density at radius 1 is 1.50 bits per heavy atom. The molecule has 86 valence electrons. The molecule has 0 unspecified atom stereocenters. The van der Waals surface area contributed by atoms with Crippen molar-refractivity contribution in [2.75, 3.05) is 12.4 Å². The average Bonchev–Trinajstić information content (AvgIpc) is 2.26. The van der Waals surface area contributed by atoms with Crippen LogP contribution in [-0.2, 0) is 0 Å². The zero-order chi connectivity index (χ0) is 12.0. The topological polar surface area (TPSA) is 52.4 Å². The standard InChI is InChI=1S/C11H13NO3S/c1-9-8-10(12(13)14)4-5-11(9)15-6-2-3-7-16/h2-5,8,16H,6-7H2,1H3/b3-2+. The van der Waals surface area contributed by atoms with Gasteiger partial charge in [-0.15, -0.1) is 0 Å². The Labute approximate surface area is 99.5 Å². The Bertz CT molecular complexity index is 404. The largest absolute Gasteiger partial charge is 0.489 e. The van der Waals surface area contributed by atoms with Crippen LogP contribution in [0.2, 0.25) is 0 Å². The lowest BCUT2D eigenvalue weighted by Gasteiger charge is -2.06. The van der Waals surface area contributed by atoms with Crippen LogP contribution in [-0.4, -0.2) is 17.3 Å². The lowest BCUT2D eigenvalue weighted by Crippen LogP contribution is -1.96. The molecule has 0 aliphatic heterocycles. The van der Waals surface area contributed by atoms with Crippen molar-refractivity contribution in [2.24, 2.45) is 0 Å². The number of nitro benzene ring substituents is 1. The number of nitrogens with zero attached hydrogens (tertiary/aromatic N) is 1. The van der Waals surface area contributed by atoms with E-state index in [-0.39, 0.29) is 5.69 Å². The maximum absolute atomic E-state index is 10.5. The molecule has 0 N–H and O–H groups in total.